The normalized spacial score (nSPS) is 26.0. The third-order valence-corrected chi connectivity index (χ3v) is 3.94. The summed E-state index contributed by atoms with van der Waals surface area (Å²) in [6.07, 6.45) is 6.23. The van der Waals surface area contributed by atoms with Crippen LogP contribution in [0.1, 0.15) is 51.0 Å². The molecule has 2 heteroatoms. The molecular weight excluding hydrogens is 201 g/mol. The molecule has 1 aliphatic rings. The van der Waals surface area contributed by atoms with Crippen molar-refractivity contribution >= 4 is 0 Å². The number of hydrogen-bond acceptors (Lipinski definition) is 1. The van der Waals surface area contributed by atoms with Gasteiger partial charge in [0, 0.05) is 11.8 Å². The Kier molecular flexibility index (Phi) is 3.57. The third-order valence-electron chi connectivity index (χ3n) is 3.94. The van der Waals surface area contributed by atoms with Crippen LogP contribution < -0.4 is 0 Å². The quantitative estimate of drug-likeness (QED) is 0.684. The molecule has 0 amide bonds. The lowest BCUT2D eigenvalue weighted by atomic mass is 9.75. The summed E-state index contributed by atoms with van der Waals surface area (Å²) in [5.41, 5.74) is 0.824. The van der Waals surface area contributed by atoms with Crippen molar-refractivity contribution in [2.45, 2.75) is 45.4 Å². The molecule has 88 valence electrons. The molecule has 0 spiro atoms. The van der Waals surface area contributed by atoms with Crippen LogP contribution in [0.4, 0.5) is 4.39 Å². The van der Waals surface area contributed by atoms with E-state index in [1.54, 1.807) is 0 Å². The summed E-state index contributed by atoms with van der Waals surface area (Å²) >= 11 is 0. The number of hydrogen-bond donors (Lipinski definition) is 0. The third kappa shape index (κ3) is 2.42. The minimum absolute atomic E-state index is 0.268. The average molecular weight is 221 g/mol. The number of pyridine rings is 1. The Morgan fingerprint density at radius 2 is 1.94 bits per heavy atom. The number of nitrogens with zero attached hydrogens (tertiary/aromatic N) is 1. The molecular formula is C14H20FN. The SMILES string of the molecule is CC(C)C1CCC(c2cccnc2F)CC1. The predicted molar refractivity (Wildman–Crippen MR) is 63.7 cm³/mol. The zero-order valence-corrected chi connectivity index (χ0v) is 10.1. The fourth-order valence-electron chi connectivity index (χ4n) is 2.80. The van der Waals surface area contributed by atoms with E-state index in [2.05, 4.69) is 18.8 Å². The smallest absolute Gasteiger partial charge is 0.216 e. The van der Waals surface area contributed by atoms with Crippen molar-refractivity contribution in [2.75, 3.05) is 0 Å². The van der Waals surface area contributed by atoms with E-state index in [0.29, 0.717) is 5.92 Å². The molecule has 0 unspecified atom stereocenters. The lowest BCUT2D eigenvalue weighted by molar-refractivity contribution is 0.256. The van der Waals surface area contributed by atoms with Crippen LogP contribution in [0.3, 0.4) is 0 Å². The van der Waals surface area contributed by atoms with Crippen molar-refractivity contribution in [1.29, 1.82) is 0 Å². The van der Waals surface area contributed by atoms with Crippen LogP contribution in [0.5, 0.6) is 0 Å². The van der Waals surface area contributed by atoms with Gasteiger partial charge in [0.05, 0.1) is 0 Å². The van der Waals surface area contributed by atoms with Crippen LogP contribution in [0.15, 0.2) is 18.3 Å². The van der Waals surface area contributed by atoms with E-state index < -0.39 is 0 Å². The van der Waals surface area contributed by atoms with Crippen molar-refractivity contribution in [3.63, 3.8) is 0 Å². The average Bonchev–Trinajstić information content (AvgIpc) is 2.30. The Morgan fingerprint density at radius 3 is 2.50 bits per heavy atom. The van der Waals surface area contributed by atoms with Gasteiger partial charge >= 0.3 is 0 Å². The van der Waals surface area contributed by atoms with E-state index in [9.17, 15) is 4.39 Å². The van der Waals surface area contributed by atoms with E-state index in [1.807, 2.05) is 12.1 Å². The van der Waals surface area contributed by atoms with Crippen molar-refractivity contribution in [3.8, 4) is 0 Å². The Hall–Kier alpha value is -0.920. The maximum atomic E-state index is 13.5. The van der Waals surface area contributed by atoms with Crippen molar-refractivity contribution in [1.82, 2.24) is 4.98 Å². The second-order valence-corrected chi connectivity index (χ2v) is 5.24. The Bertz CT molecular complexity index is 340. The first-order chi connectivity index (χ1) is 7.68. The predicted octanol–water partition coefficient (Wildman–Crippen LogP) is 4.15. The zero-order chi connectivity index (χ0) is 11.5. The monoisotopic (exact) mass is 221 g/mol. The highest BCUT2D eigenvalue weighted by Crippen LogP contribution is 2.38. The lowest BCUT2D eigenvalue weighted by Crippen LogP contribution is -2.18. The van der Waals surface area contributed by atoms with Gasteiger partial charge in [0.1, 0.15) is 0 Å². The van der Waals surface area contributed by atoms with Crippen LogP contribution >= 0.6 is 0 Å². The molecule has 1 fully saturated rings. The minimum atomic E-state index is -0.268. The molecule has 0 aromatic carbocycles. The summed E-state index contributed by atoms with van der Waals surface area (Å²) in [5.74, 6) is 1.72. The van der Waals surface area contributed by atoms with Gasteiger partial charge in [-0.05, 0) is 49.5 Å². The molecule has 0 atom stereocenters. The standard InChI is InChI=1S/C14H20FN/c1-10(2)11-5-7-12(8-6-11)13-4-3-9-16-14(13)15/h3-4,9-12H,5-8H2,1-2H3. The van der Waals surface area contributed by atoms with Crippen LogP contribution in [0.25, 0.3) is 0 Å². The van der Waals surface area contributed by atoms with Gasteiger partial charge in [0.2, 0.25) is 5.95 Å². The highest BCUT2D eigenvalue weighted by atomic mass is 19.1. The molecule has 16 heavy (non-hydrogen) atoms. The van der Waals surface area contributed by atoms with Gasteiger partial charge in [-0.3, -0.25) is 0 Å². The van der Waals surface area contributed by atoms with E-state index >= 15 is 0 Å². The first-order valence-electron chi connectivity index (χ1n) is 6.29. The molecule has 1 nitrogen and oxygen atoms in total. The molecule has 1 saturated carbocycles. The van der Waals surface area contributed by atoms with E-state index in [-0.39, 0.29) is 5.95 Å². The van der Waals surface area contributed by atoms with Gasteiger partial charge in [-0.25, -0.2) is 4.98 Å². The highest BCUT2D eigenvalue weighted by Gasteiger charge is 2.25. The summed E-state index contributed by atoms with van der Waals surface area (Å²) in [6, 6.07) is 3.73. The molecule has 0 bridgehead atoms. The Labute approximate surface area is 97.1 Å². The van der Waals surface area contributed by atoms with Gasteiger partial charge < -0.3 is 0 Å². The van der Waals surface area contributed by atoms with Gasteiger partial charge in [0.25, 0.3) is 0 Å². The highest BCUT2D eigenvalue weighted by molar-refractivity contribution is 5.17. The molecule has 1 heterocycles. The second-order valence-electron chi connectivity index (χ2n) is 5.24. The van der Waals surface area contributed by atoms with Crippen molar-refractivity contribution < 1.29 is 4.39 Å². The van der Waals surface area contributed by atoms with Crippen LogP contribution in [-0.2, 0) is 0 Å². The first-order valence-corrected chi connectivity index (χ1v) is 6.29. The Morgan fingerprint density at radius 1 is 1.25 bits per heavy atom. The summed E-state index contributed by atoms with van der Waals surface area (Å²) in [6.45, 7) is 4.57. The van der Waals surface area contributed by atoms with Gasteiger partial charge in [0.15, 0.2) is 0 Å². The van der Waals surface area contributed by atoms with Gasteiger partial charge in [-0.1, -0.05) is 19.9 Å². The maximum Gasteiger partial charge on any atom is 0.216 e. The number of rotatable bonds is 2. The Balaban J connectivity index is 2.02. The lowest BCUT2D eigenvalue weighted by Gasteiger charge is -2.30. The molecule has 1 aromatic heterocycles. The van der Waals surface area contributed by atoms with Crippen molar-refractivity contribution in [2.24, 2.45) is 11.8 Å². The molecule has 0 radical (unpaired) electrons. The molecule has 1 aliphatic carbocycles. The van der Waals surface area contributed by atoms with Crippen LogP contribution in [0, 0.1) is 17.8 Å². The minimum Gasteiger partial charge on any atom is -0.228 e. The second kappa shape index (κ2) is 4.94. The molecule has 0 N–H and O–H groups in total. The number of aromatic nitrogens is 1. The maximum absolute atomic E-state index is 13.5. The van der Waals surface area contributed by atoms with Gasteiger partial charge in [-0.2, -0.15) is 4.39 Å². The van der Waals surface area contributed by atoms with Crippen molar-refractivity contribution in [3.05, 3.63) is 29.8 Å². The van der Waals surface area contributed by atoms with E-state index in [1.165, 1.54) is 19.0 Å². The zero-order valence-electron chi connectivity index (χ0n) is 10.1. The fourth-order valence-corrected chi connectivity index (χ4v) is 2.80. The largest absolute Gasteiger partial charge is 0.228 e. The summed E-state index contributed by atoms with van der Waals surface area (Å²) in [7, 11) is 0. The summed E-state index contributed by atoms with van der Waals surface area (Å²) in [5, 5.41) is 0. The van der Waals surface area contributed by atoms with Crippen LogP contribution in [0.2, 0.25) is 0 Å². The molecule has 2 rings (SSSR count). The van der Waals surface area contributed by atoms with E-state index in [4.69, 9.17) is 0 Å². The summed E-state index contributed by atoms with van der Waals surface area (Å²) < 4.78 is 13.5. The van der Waals surface area contributed by atoms with E-state index in [0.717, 1.165) is 30.2 Å². The molecule has 0 saturated heterocycles. The number of halogens is 1. The first kappa shape index (κ1) is 11.6. The van der Waals surface area contributed by atoms with Crippen LogP contribution in [-0.4, -0.2) is 4.98 Å². The molecule has 1 aromatic rings. The topological polar surface area (TPSA) is 12.9 Å². The van der Waals surface area contributed by atoms with Gasteiger partial charge in [-0.15, -0.1) is 0 Å². The summed E-state index contributed by atoms with van der Waals surface area (Å²) in [4.78, 5) is 3.74. The molecule has 0 aliphatic heterocycles. The fraction of sp³-hybridized carbons (Fsp3) is 0.643.